The van der Waals surface area contributed by atoms with Crippen LogP contribution < -0.4 is 4.74 Å². The molecule has 1 aliphatic heterocycles. The van der Waals surface area contributed by atoms with E-state index in [1.165, 1.54) is 4.31 Å². The first kappa shape index (κ1) is 16.3. The summed E-state index contributed by atoms with van der Waals surface area (Å²) >= 11 is 0. The van der Waals surface area contributed by atoms with E-state index in [-0.39, 0.29) is 16.7 Å². The molecular formula is C16H22N2O4S. The third-order valence-corrected chi connectivity index (χ3v) is 6.59. The molecule has 0 N–H and O–H groups in total. The fourth-order valence-electron chi connectivity index (χ4n) is 2.95. The maximum Gasteiger partial charge on any atom is 0.243 e. The van der Waals surface area contributed by atoms with Gasteiger partial charge in [-0.2, -0.15) is 4.31 Å². The first-order chi connectivity index (χ1) is 10.9. The molecule has 6 nitrogen and oxygen atoms in total. The van der Waals surface area contributed by atoms with Gasteiger partial charge >= 0.3 is 0 Å². The molecule has 1 aromatic carbocycles. The van der Waals surface area contributed by atoms with Gasteiger partial charge in [-0.3, -0.25) is 4.79 Å². The Hall–Kier alpha value is -1.60. The summed E-state index contributed by atoms with van der Waals surface area (Å²) in [5.41, 5.74) is 0. The lowest BCUT2D eigenvalue weighted by Crippen LogP contribution is -2.51. The van der Waals surface area contributed by atoms with Gasteiger partial charge in [0, 0.05) is 32.1 Å². The molecule has 23 heavy (non-hydrogen) atoms. The smallest absolute Gasteiger partial charge is 0.243 e. The van der Waals surface area contributed by atoms with Gasteiger partial charge in [-0.05, 0) is 36.6 Å². The highest BCUT2D eigenvalue weighted by Gasteiger charge is 2.42. The first-order valence-electron chi connectivity index (χ1n) is 7.86. The fourth-order valence-corrected chi connectivity index (χ4v) is 4.37. The molecule has 0 aromatic heterocycles. The molecule has 1 saturated carbocycles. The highest BCUT2D eigenvalue weighted by molar-refractivity contribution is 7.89. The number of nitrogens with zero attached hydrogens (tertiary/aromatic N) is 2. The maximum atomic E-state index is 12.6. The molecule has 126 valence electrons. The van der Waals surface area contributed by atoms with Crippen LogP contribution in [0.5, 0.6) is 5.75 Å². The number of carbonyl (C=O) groups excluding carboxylic acids is 1. The van der Waals surface area contributed by atoms with Gasteiger partial charge in [-0.15, -0.1) is 0 Å². The van der Waals surface area contributed by atoms with Crippen LogP contribution in [0.25, 0.3) is 0 Å². The molecule has 2 atom stereocenters. The first-order valence-corrected chi connectivity index (χ1v) is 9.30. The van der Waals surface area contributed by atoms with Gasteiger partial charge < -0.3 is 9.64 Å². The topological polar surface area (TPSA) is 66.9 Å². The van der Waals surface area contributed by atoms with Crippen molar-refractivity contribution in [1.82, 2.24) is 9.21 Å². The SMILES string of the molecule is COc1ccc(S(=O)(=O)N2CCN(C(=O)C3CC3C)CC2)cc1. The van der Waals surface area contributed by atoms with Crippen molar-refractivity contribution in [2.45, 2.75) is 18.2 Å². The summed E-state index contributed by atoms with van der Waals surface area (Å²) in [4.78, 5) is 14.3. The number of amides is 1. The second kappa shape index (κ2) is 6.13. The van der Waals surface area contributed by atoms with Crippen molar-refractivity contribution < 1.29 is 17.9 Å². The van der Waals surface area contributed by atoms with Crippen molar-refractivity contribution >= 4 is 15.9 Å². The lowest BCUT2D eigenvalue weighted by atomic mass is 10.2. The number of rotatable bonds is 4. The second-order valence-electron chi connectivity index (χ2n) is 6.22. The molecule has 2 fully saturated rings. The predicted octanol–water partition coefficient (Wildman–Crippen LogP) is 1.18. The zero-order valence-corrected chi connectivity index (χ0v) is 14.3. The number of benzene rings is 1. The summed E-state index contributed by atoms with van der Waals surface area (Å²) in [7, 11) is -1.97. The van der Waals surface area contributed by atoms with Crippen LogP contribution in [-0.2, 0) is 14.8 Å². The number of hydrogen-bond acceptors (Lipinski definition) is 4. The summed E-state index contributed by atoms with van der Waals surface area (Å²) < 4.78 is 31.8. The van der Waals surface area contributed by atoms with Crippen molar-refractivity contribution in [1.29, 1.82) is 0 Å². The largest absolute Gasteiger partial charge is 0.497 e. The lowest BCUT2D eigenvalue weighted by molar-refractivity contribution is -0.134. The van der Waals surface area contributed by atoms with Crippen LogP contribution in [0.3, 0.4) is 0 Å². The minimum atomic E-state index is -3.51. The molecule has 3 rings (SSSR count). The Morgan fingerprint density at radius 3 is 2.17 bits per heavy atom. The normalized spacial score (nSPS) is 25.2. The Labute approximate surface area is 137 Å². The zero-order chi connectivity index (χ0) is 16.6. The predicted molar refractivity (Wildman–Crippen MR) is 85.6 cm³/mol. The Balaban J connectivity index is 1.64. The molecule has 2 unspecified atom stereocenters. The Bertz CT molecular complexity index is 679. The zero-order valence-electron chi connectivity index (χ0n) is 13.4. The molecule has 1 aliphatic carbocycles. The van der Waals surface area contributed by atoms with Gasteiger partial charge in [-0.25, -0.2) is 8.42 Å². The third kappa shape index (κ3) is 3.21. The molecule has 1 aromatic rings. The monoisotopic (exact) mass is 338 g/mol. The van der Waals surface area contributed by atoms with E-state index in [1.807, 2.05) is 0 Å². The van der Waals surface area contributed by atoms with Crippen molar-refractivity contribution in [3.05, 3.63) is 24.3 Å². The molecule has 1 amide bonds. The van der Waals surface area contributed by atoms with Crippen molar-refractivity contribution in [3.63, 3.8) is 0 Å². The van der Waals surface area contributed by atoms with Gasteiger partial charge in [0.15, 0.2) is 0 Å². The number of ether oxygens (including phenoxy) is 1. The molecule has 1 saturated heterocycles. The van der Waals surface area contributed by atoms with Crippen molar-refractivity contribution in [2.24, 2.45) is 11.8 Å². The maximum absolute atomic E-state index is 12.6. The Kier molecular flexibility index (Phi) is 4.33. The number of methoxy groups -OCH3 is 1. The molecule has 0 spiro atoms. The molecule has 2 aliphatic rings. The second-order valence-corrected chi connectivity index (χ2v) is 8.16. The van der Waals surface area contributed by atoms with E-state index in [2.05, 4.69) is 6.92 Å². The van der Waals surface area contributed by atoms with Crippen LogP contribution in [-0.4, -0.2) is 56.8 Å². The number of piperazine rings is 1. The molecule has 0 bridgehead atoms. The summed E-state index contributed by atoms with van der Waals surface area (Å²) in [6, 6.07) is 6.39. The van der Waals surface area contributed by atoms with Crippen LogP contribution in [0.2, 0.25) is 0 Å². The van der Waals surface area contributed by atoms with Crippen molar-refractivity contribution in [3.8, 4) is 5.75 Å². The molecule has 0 radical (unpaired) electrons. The standard InChI is InChI=1S/C16H22N2O4S/c1-12-11-15(12)16(19)17-7-9-18(10-8-17)23(20,21)14-5-3-13(22-2)4-6-14/h3-6,12,15H,7-11H2,1-2H3. The Morgan fingerprint density at radius 1 is 1.13 bits per heavy atom. The molecule has 7 heteroatoms. The lowest BCUT2D eigenvalue weighted by Gasteiger charge is -2.34. The van der Waals surface area contributed by atoms with Gasteiger partial charge in [0.25, 0.3) is 0 Å². The van der Waals surface area contributed by atoms with Gasteiger partial charge in [0.05, 0.1) is 12.0 Å². The number of sulfonamides is 1. The summed E-state index contributed by atoms with van der Waals surface area (Å²) in [6.45, 7) is 3.71. The van der Waals surface area contributed by atoms with Crippen LogP contribution >= 0.6 is 0 Å². The average Bonchev–Trinajstić information content (AvgIpc) is 3.31. The third-order valence-electron chi connectivity index (χ3n) is 4.67. The van der Waals surface area contributed by atoms with Crippen LogP contribution in [0, 0.1) is 11.8 Å². The van der Waals surface area contributed by atoms with Gasteiger partial charge in [-0.1, -0.05) is 6.92 Å². The fraction of sp³-hybridized carbons (Fsp3) is 0.562. The van der Waals surface area contributed by atoms with E-state index in [4.69, 9.17) is 4.74 Å². The van der Waals surface area contributed by atoms with Crippen LogP contribution in [0.1, 0.15) is 13.3 Å². The Morgan fingerprint density at radius 2 is 1.70 bits per heavy atom. The van der Waals surface area contributed by atoms with E-state index >= 15 is 0 Å². The average molecular weight is 338 g/mol. The number of hydrogen-bond donors (Lipinski definition) is 0. The van der Waals surface area contributed by atoms with Gasteiger partial charge in [0.1, 0.15) is 5.75 Å². The number of carbonyl (C=O) groups is 1. The summed E-state index contributed by atoms with van der Waals surface area (Å²) in [5, 5.41) is 0. The van der Waals surface area contributed by atoms with Crippen LogP contribution in [0.4, 0.5) is 0 Å². The van der Waals surface area contributed by atoms with E-state index in [0.29, 0.717) is 37.8 Å². The summed E-state index contributed by atoms with van der Waals surface area (Å²) in [6.07, 6.45) is 0.962. The minimum absolute atomic E-state index is 0.153. The quantitative estimate of drug-likeness (QED) is 0.827. The van der Waals surface area contributed by atoms with E-state index in [9.17, 15) is 13.2 Å². The van der Waals surface area contributed by atoms with Crippen LogP contribution in [0.15, 0.2) is 29.2 Å². The van der Waals surface area contributed by atoms with E-state index in [1.54, 1.807) is 36.3 Å². The van der Waals surface area contributed by atoms with E-state index < -0.39 is 10.0 Å². The van der Waals surface area contributed by atoms with E-state index in [0.717, 1.165) is 6.42 Å². The summed E-state index contributed by atoms with van der Waals surface area (Å²) in [5.74, 6) is 1.43. The highest BCUT2D eigenvalue weighted by Crippen LogP contribution is 2.39. The van der Waals surface area contributed by atoms with Gasteiger partial charge in [0.2, 0.25) is 15.9 Å². The van der Waals surface area contributed by atoms with Crippen molar-refractivity contribution in [2.75, 3.05) is 33.3 Å². The molecular weight excluding hydrogens is 316 g/mol. The highest BCUT2D eigenvalue weighted by atomic mass is 32.2. The molecule has 1 heterocycles. The minimum Gasteiger partial charge on any atom is -0.497 e.